The summed E-state index contributed by atoms with van der Waals surface area (Å²) in [5.41, 5.74) is 0. The first kappa shape index (κ1) is 14.2. The Morgan fingerprint density at radius 2 is 1.60 bits per heavy atom. The molecule has 0 amide bonds. The van der Waals surface area contributed by atoms with Crippen LogP contribution in [0, 0.1) is 0 Å². The van der Waals surface area contributed by atoms with E-state index in [0.29, 0.717) is 22.3 Å². The Balaban J connectivity index is 1.94. The third-order valence-corrected chi connectivity index (χ3v) is 2.79. The summed E-state index contributed by atoms with van der Waals surface area (Å²) in [7, 11) is 1.53. The molecular weight excluding hydrogens is 280 g/mol. The maximum atomic E-state index is 11.7. The van der Waals surface area contributed by atoms with Gasteiger partial charge in [-0.2, -0.15) is 0 Å². The molecule has 0 saturated carbocycles. The predicted molar refractivity (Wildman–Crippen MR) is 75.6 cm³/mol. The third kappa shape index (κ3) is 3.65. The van der Waals surface area contributed by atoms with Crippen LogP contribution < -0.4 is 14.2 Å². The number of hydrogen-bond acceptors (Lipinski definition) is 4. The second-order valence-electron chi connectivity index (χ2n) is 3.84. The summed E-state index contributed by atoms with van der Waals surface area (Å²) >= 11 is 5.90. The molecule has 0 spiro atoms. The molecule has 104 valence electrons. The van der Waals surface area contributed by atoms with Crippen molar-refractivity contribution in [1.29, 1.82) is 0 Å². The topological polar surface area (TPSA) is 44.8 Å². The molecule has 0 aromatic heterocycles. The molecule has 0 fully saturated rings. The highest BCUT2D eigenvalue weighted by Gasteiger charge is 2.10. The number of carbonyl (C=O) groups excluding carboxylic acids is 1. The number of hydrogen-bond donors (Lipinski definition) is 0. The minimum Gasteiger partial charge on any atom is -0.493 e. The number of methoxy groups -OCH3 is 1. The average Bonchev–Trinajstić information content (AvgIpc) is 2.48. The van der Waals surface area contributed by atoms with Crippen LogP contribution in [0.3, 0.4) is 0 Å². The molecule has 0 bridgehead atoms. The minimum atomic E-state index is -0.538. The second kappa shape index (κ2) is 6.82. The first-order chi connectivity index (χ1) is 9.70. The molecule has 2 aromatic carbocycles. The lowest BCUT2D eigenvalue weighted by Crippen LogP contribution is -2.18. The number of ether oxygens (including phenoxy) is 3. The number of benzene rings is 2. The van der Waals surface area contributed by atoms with Crippen LogP contribution in [0.2, 0.25) is 5.02 Å². The normalized spacial score (nSPS) is 9.90. The molecule has 0 aliphatic rings. The molecule has 0 aliphatic carbocycles. The molecule has 20 heavy (non-hydrogen) atoms. The fourth-order valence-electron chi connectivity index (χ4n) is 1.55. The highest BCUT2D eigenvalue weighted by Crippen LogP contribution is 2.26. The van der Waals surface area contributed by atoms with E-state index in [0.717, 1.165) is 0 Å². The smallest absolute Gasteiger partial charge is 0.349 e. The first-order valence-electron chi connectivity index (χ1n) is 5.91. The maximum absolute atomic E-state index is 11.7. The van der Waals surface area contributed by atoms with E-state index >= 15 is 0 Å². The van der Waals surface area contributed by atoms with E-state index in [1.54, 1.807) is 42.5 Å². The molecule has 0 atom stereocenters. The number of esters is 1. The van der Waals surface area contributed by atoms with Crippen LogP contribution in [-0.2, 0) is 4.79 Å². The van der Waals surface area contributed by atoms with Gasteiger partial charge in [-0.1, -0.05) is 35.9 Å². The number of para-hydroxylation sites is 3. The molecule has 5 heteroatoms. The van der Waals surface area contributed by atoms with Gasteiger partial charge < -0.3 is 14.2 Å². The van der Waals surface area contributed by atoms with Gasteiger partial charge in [0.05, 0.1) is 12.1 Å². The lowest BCUT2D eigenvalue weighted by Gasteiger charge is -2.10. The third-order valence-electron chi connectivity index (χ3n) is 2.48. The van der Waals surface area contributed by atoms with Crippen LogP contribution in [0.4, 0.5) is 0 Å². The Morgan fingerprint density at radius 3 is 2.25 bits per heavy atom. The van der Waals surface area contributed by atoms with Gasteiger partial charge in [0, 0.05) is 0 Å². The van der Waals surface area contributed by atoms with Gasteiger partial charge in [-0.25, -0.2) is 4.79 Å². The zero-order valence-corrected chi connectivity index (χ0v) is 11.6. The van der Waals surface area contributed by atoms with Gasteiger partial charge in [0.2, 0.25) is 0 Å². The van der Waals surface area contributed by atoms with Crippen molar-refractivity contribution in [1.82, 2.24) is 0 Å². The SMILES string of the molecule is COc1ccccc1OCC(=O)Oc1ccccc1Cl. The molecular formula is C15H13ClO4. The van der Waals surface area contributed by atoms with Gasteiger partial charge in [-0.05, 0) is 24.3 Å². The fraction of sp³-hybridized carbons (Fsp3) is 0.133. The van der Waals surface area contributed by atoms with E-state index in [1.165, 1.54) is 7.11 Å². The predicted octanol–water partition coefficient (Wildman–Crippen LogP) is 3.33. The van der Waals surface area contributed by atoms with Crippen LogP contribution in [0.25, 0.3) is 0 Å². The van der Waals surface area contributed by atoms with Crippen LogP contribution in [-0.4, -0.2) is 19.7 Å². The summed E-state index contributed by atoms with van der Waals surface area (Å²) in [5, 5.41) is 0.373. The Bertz CT molecular complexity index is 598. The van der Waals surface area contributed by atoms with Crippen molar-refractivity contribution in [3.63, 3.8) is 0 Å². The average molecular weight is 293 g/mol. The van der Waals surface area contributed by atoms with Crippen molar-refractivity contribution < 1.29 is 19.0 Å². The van der Waals surface area contributed by atoms with E-state index in [2.05, 4.69) is 0 Å². The number of rotatable bonds is 5. The maximum Gasteiger partial charge on any atom is 0.349 e. The van der Waals surface area contributed by atoms with E-state index < -0.39 is 5.97 Å². The summed E-state index contributed by atoms with van der Waals surface area (Å²) in [6.07, 6.45) is 0. The highest BCUT2D eigenvalue weighted by atomic mass is 35.5. The van der Waals surface area contributed by atoms with Gasteiger partial charge >= 0.3 is 5.97 Å². The molecule has 2 aromatic rings. The van der Waals surface area contributed by atoms with Gasteiger partial charge in [0.25, 0.3) is 0 Å². The molecule has 4 nitrogen and oxygen atoms in total. The molecule has 2 rings (SSSR count). The summed E-state index contributed by atoms with van der Waals surface area (Å²) < 4.78 is 15.6. The summed E-state index contributed by atoms with van der Waals surface area (Å²) in [5.74, 6) is 0.802. The van der Waals surface area contributed by atoms with Crippen molar-refractivity contribution in [2.45, 2.75) is 0 Å². The van der Waals surface area contributed by atoms with Crippen molar-refractivity contribution in [3.05, 3.63) is 53.6 Å². The van der Waals surface area contributed by atoms with E-state index in [9.17, 15) is 4.79 Å². The number of carbonyl (C=O) groups is 1. The summed E-state index contributed by atoms with van der Waals surface area (Å²) in [6, 6.07) is 13.8. The highest BCUT2D eigenvalue weighted by molar-refractivity contribution is 6.32. The Labute approximate surface area is 121 Å². The molecule has 0 unspecified atom stereocenters. The molecule has 0 heterocycles. The van der Waals surface area contributed by atoms with Crippen LogP contribution in [0.15, 0.2) is 48.5 Å². The van der Waals surface area contributed by atoms with Crippen molar-refractivity contribution in [2.24, 2.45) is 0 Å². The van der Waals surface area contributed by atoms with Gasteiger partial charge in [-0.15, -0.1) is 0 Å². The number of halogens is 1. The first-order valence-corrected chi connectivity index (χ1v) is 6.29. The standard InChI is InChI=1S/C15H13ClO4/c1-18-13-8-4-5-9-14(13)19-10-15(17)20-12-7-3-2-6-11(12)16/h2-9H,10H2,1H3. The Morgan fingerprint density at radius 1 is 1.00 bits per heavy atom. The Hall–Kier alpha value is -2.20. The van der Waals surface area contributed by atoms with Gasteiger partial charge in [0.15, 0.2) is 18.1 Å². The second-order valence-corrected chi connectivity index (χ2v) is 4.25. The van der Waals surface area contributed by atoms with Crippen LogP contribution >= 0.6 is 11.6 Å². The zero-order chi connectivity index (χ0) is 14.4. The van der Waals surface area contributed by atoms with Gasteiger partial charge in [0.1, 0.15) is 5.75 Å². The fourth-order valence-corrected chi connectivity index (χ4v) is 1.73. The van der Waals surface area contributed by atoms with Crippen molar-refractivity contribution in [2.75, 3.05) is 13.7 Å². The summed E-state index contributed by atoms with van der Waals surface area (Å²) in [4.78, 5) is 11.7. The van der Waals surface area contributed by atoms with Crippen molar-refractivity contribution in [3.8, 4) is 17.2 Å². The van der Waals surface area contributed by atoms with Gasteiger partial charge in [-0.3, -0.25) is 0 Å². The lowest BCUT2D eigenvalue weighted by atomic mass is 10.3. The molecule has 0 aliphatic heterocycles. The molecule has 0 radical (unpaired) electrons. The van der Waals surface area contributed by atoms with E-state index in [1.807, 2.05) is 6.07 Å². The molecule has 0 N–H and O–H groups in total. The van der Waals surface area contributed by atoms with E-state index in [-0.39, 0.29) is 6.61 Å². The molecule has 0 saturated heterocycles. The zero-order valence-electron chi connectivity index (χ0n) is 10.8. The monoisotopic (exact) mass is 292 g/mol. The largest absolute Gasteiger partial charge is 0.493 e. The van der Waals surface area contributed by atoms with E-state index in [4.69, 9.17) is 25.8 Å². The van der Waals surface area contributed by atoms with Crippen molar-refractivity contribution >= 4 is 17.6 Å². The minimum absolute atomic E-state index is 0.231. The Kier molecular flexibility index (Phi) is 4.85. The van der Waals surface area contributed by atoms with Crippen LogP contribution in [0.1, 0.15) is 0 Å². The summed E-state index contributed by atoms with van der Waals surface area (Å²) in [6.45, 7) is -0.231. The lowest BCUT2D eigenvalue weighted by molar-refractivity contribution is -0.136. The quantitative estimate of drug-likeness (QED) is 0.626. The van der Waals surface area contributed by atoms with Crippen LogP contribution in [0.5, 0.6) is 17.2 Å².